The Morgan fingerprint density at radius 3 is 2.62 bits per heavy atom. The van der Waals surface area contributed by atoms with Gasteiger partial charge in [-0.3, -0.25) is 0 Å². The first-order valence-electron chi connectivity index (χ1n) is 8.26. The molecule has 0 unspecified atom stereocenters. The van der Waals surface area contributed by atoms with Gasteiger partial charge in [0.1, 0.15) is 11.3 Å². The molecule has 0 saturated heterocycles. The highest BCUT2D eigenvalue weighted by molar-refractivity contribution is 7.91. The van der Waals surface area contributed by atoms with Crippen LogP contribution in [-0.2, 0) is 10.0 Å². The lowest BCUT2D eigenvalue weighted by atomic mass is 10.2. The molecule has 0 spiro atoms. The molecule has 1 aromatic heterocycles. The molecule has 142 valence electrons. The third kappa shape index (κ3) is 3.70. The summed E-state index contributed by atoms with van der Waals surface area (Å²) < 4.78 is 32.2. The topological polar surface area (TPSA) is 109 Å². The van der Waals surface area contributed by atoms with Gasteiger partial charge in [-0.25, -0.2) is 22.9 Å². The van der Waals surface area contributed by atoms with Crippen LogP contribution in [0.25, 0.3) is 10.2 Å². The van der Waals surface area contributed by atoms with E-state index in [0.29, 0.717) is 29.8 Å². The van der Waals surface area contributed by atoms with Gasteiger partial charge in [-0.15, -0.1) is 0 Å². The minimum Gasteiger partial charge on any atom is -0.489 e. The molecule has 0 atom stereocenters. The Morgan fingerprint density at radius 1 is 1.35 bits per heavy atom. The Hall–Kier alpha value is -2.07. The largest absolute Gasteiger partial charge is 0.489 e. The number of thiazole rings is 1. The number of hydrogen-bond donors (Lipinski definition) is 3. The number of anilines is 2. The van der Waals surface area contributed by atoms with E-state index in [0.717, 1.165) is 9.83 Å². The van der Waals surface area contributed by atoms with Crippen LogP contribution in [0.5, 0.6) is 5.75 Å². The number of amides is 2. The number of sulfonamides is 1. The number of rotatable bonds is 6. The Morgan fingerprint density at radius 2 is 2.04 bits per heavy atom. The first-order valence-corrected chi connectivity index (χ1v) is 10.6. The Balaban J connectivity index is 1.86. The zero-order chi connectivity index (χ0) is 19.1. The second-order valence-corrected chi connectivity index (χ2v) is 9.99. The number of benzene rings is 1. The lowest BCUT2D eigenvalue weighted by Gasteiger charge is -2.14. The molecule has 1 aliphatic carbocycles. The maximum absolute atomic E-state index is 12.2. The maximum atomic E-state index is 12.2. The quantitative estimate of drug-likeness (QED) is 0.690. The number of hydrogen-bond acceptors (Lipinski definition) is 7. The summed E-state index contributed by atoms with van der Waals surface area (Å²) in [4.78, 5) is 16.6. The second-order valence-electron chi connectivity index (χ2n) is 6.77. The van der Waals surface area contributed by atoms with Gasteiger partial charge in [-0.05, 0) is 39.7 Å². The fourth-order valence-corrected chi connectivity index (χ4v) is 4.43. The summed E-state index contributed by atoms with van der Waals surface area (Å²) in [7, 11) is -1.92. The van der Waals surface area contributed by atoms with Gasteiger partial charge in [-0.2, -0.15) is 0 Å². The highest BCUT2D eigenvalue weighted by Crippen LogP contribution is 2.42. The highest BCUT2D eigenvalue weighted by atomic mass is 32.2. The zero-order valence-electron chi connectivity index (χ0n) is 15.0. The molecule has 1 aromatic carbocycles. The average Bonchev–Trinajstić information content (AvgIpc) is 3.15. The minimum absolute atomic E-state index is 0.0720. The van der Waals surface area contributed by atoms with Crippen LogP contribution in [0, 0.1) is 0 Å². The lowest BCUT2D eigenvalue weighted by molar-refractivity contribution is 0.245. The summed E-state index contributed by atoms with van der Waals surface area (Å²) in [5.41, 5.74) is 1.13. The van der Waals surface area contributed by atoms with Crippen LogP contribution >= 0.6 is 11.3 Å². The number of carbonyl (C=O) groups is 1. The van der Waals surface area contributed by atoms with Gasteiger partial charge in [0.15, 0.2) is 5.13 Å². The molecule has 0 aliphatic heterocycles. The monoisotopic (exact) mass is 398 g/mol. The summed E-state index contributed by atoms with van der Waals surface area (Å²) in [6, 6.07) is 2.60. The van der Waals surface area contributed by atoms with Crippen LogP contribution in [0.4, 0.5) is 15.6 Å². The summed E-state index contributed by atoms with van der Waals surface area (Å²) in [5.74, 6) is 0.530. The number of fused-ring (bicyclic) bond motifs is 1. The fraction of sp³-hybridized carbons (Fsp3) is 0.500. The van der Waals surface area contributed by atoms with Crippen molar-refractivity contribution in [2.24, 2.45) is 0 Å². The lowest BCUT2D eigenvalue weighted by Crippen LogP contribution is -2.40. The molecule has 2 aromatic rings. The highest BCUT2D eigenvalue weighted by Gasteiger charge is 2.50. The number of urea groups is 1. The van der Waals surface area contributed by atoms with E-state index in [4.69, 9.17) is 4.74 Å². The molecule has 0 radical (unpaired) electrons. The summed E-state index contributed by atoms with van der Waals surface area (Å²) >= 11 is 1.42. The van der Waals surface area contributed by atoms with E-state index in [1.165, 1.54) is 11.3 Å². The van der Waals surface area contributed by atoms with Crippen molar-refractivity contribution in [2.75, 3.05) is 17.7 Å². The number of nitrogens with zero attached hydrogens (tertiary/aromatic N) is 1. The fourth-order valence-electron chi connectivity index (χ4n) is 2.37. The van der Waals surface area contributed by atoms with Crippen molar-refractivity contribution in [2.45, 2.75) is 44.5 Å². The Kier molecular flexibility index (Phi) is 4.74. The predicted molar refractivity (Wildman–Crippen MR) is 104 cm³/mol. The molecule has 8 nitrogen and oxygen atoms in total. The third-order valence-corrected chi connectivity index (χ3v) is 7.30. The van der Waals surface area contributed by atoms with Crippen LogP contribution in [0.1, 0.15) is 33.6 Å². The molecule has 3 N–H and O–H groups in total. The summed E-state index contributed by atoms with van der Waals surface area (Å²) in [6.45, 7) is 5.42. The van der Waals surface area contributed by atoms with Gasteiger partial charge in [-0.1, -0.05) is 11.3 Å². The second kappa shape index (κ2) is 6.58. The normalized spacial score (nSPS) is 15.7. The van der Waals surface area contributed by atoms with Crippen molar-refractivity contribution in [3.05, 3.63) is 12.1 Å². The van der Waals surface area contributed by atoms with Crippen LogP contribution in [0.15, 0.2) is 12.1 Å². The van der Waals surface area contributed by atoms with Crippen LogP contribution < -0.4 is 20.1 Å². The molecular formula is C16H22N4O4S2. The third-order valence-electron chi connectivity index (χ3n) is 4.12. The molecule has 0 bridgehead atoms. The van der Waals surface area contributed by atoms with Crippen molar-refractivity contribution in [1.82, 2.24) is 9.71 Å². The standard InChI is InChI=1S/C16H22N4O4S2/c1-9(2)24-11-7-10(8-12-13(11)19-15(17-4)25-12)18-14(21)20-26(22,23)16(3)5-6-16/h7-9H,5-6H2,1-4H3,(H,17,19)(H2,18,20,21). The van der Waals surface area contributed by atoms with Crippen molar-refractivity contribution < 1.29 is 17.9 Å². The SMILES string of the molecule is CNc1nc2c(OC(C)C)cc(NC(=O)NS(=O)(=O)C3(C)CC3)cc2s1. The molecule has 2 amide bonds. The van der Waals surface area contributed by atoms with E-state index >= 15 is 0 Å². The van der Waals surface area contributed by atoms with Gasteiger partial charge in [0.25, 0.3) is 0 Å². The van der Waals surface area contributed by atoms with Crippen LogP contribution in [0.2, 0.25) is 0 Å². The first-order chi connectivity index (χ1) is 12.1. The molecule has 1 heterocycles. The van der Waals surface area contributed by atoms with E-state index in [9.17, 15) is 13.2 Å². The molecule has 3 rings (SSSR count). The minimum atomic E-state index is -3.69. The average molecular weight is 399 g/mol. The van der Waals surface area contributed by atoms with E-state index in [2.05, 4.69) is 20.3 Å². The molecule has 26 heavy (non-hydrogen) atoms. The van der Waals surface area contributed by atoms with Crippen molar-refractivity contribution in [3.63, 3.8) is 0 Å². The van der Waals surface area contributed by atoms with Gasteiger partial charge in [0.05, 0.1) is 15.6 Å². The van der Waals surface area contributed by atoms with E-state index < -0.39 is 20.8 Å². The molecule has 1 saturated carbocycles. The van der Waals surface area contributed by atoms with E-state index in [-0.39, 0.29) is 6.10 Å². The first kappa shape index (κ1) is 18.7. The summed E-state index contributed by atoms with van der Waals surface area (Å²) in [5, 5.41) is 6.29. The Bertz CT molecular complexity index is 949. The molecular weight excluding hydrogens is 376 g/mol. The number of ether oxygens (including phenoxy) is 1. The van der Waals surface area contributed by atoms with Gasteiger partial charge in [0.2, 0.25) is 10.0 Å². The summed E-state index contributed by atoms with van der Waals surface area (Å²) in [6.07, 6.45) is 1.04. The van der Waals surface area contributed by atoms with E-state index in [1.54, 1.807) is 26.1 Å². The zero-order valence-corrected chi connectivity index (χ0v) is 16.7. The van der Waals surface area contributed by atoms with Gasteiger partial charge in [0, 0.05) is 18.8 Å². The van der Waals surface area contributed by atoms with Crippen molar-refractivity contribution in [1.29, 1.82) is 0 Å². The molecule has 10 heteroatoms. The van der Waals surface area contributed by atoms with E-state index in [1.807, 2.05) is 13.8 Å². The van der Waals surface area contributed by atoms with Crippen molar-refractivity contribution in [3.8, 4) is 5.75 Å². The van der Waals surface area contributed by atoms with Gasteiger partial charge >= 0.3 is 6.03 Å². The maximum Gasteiger partial charge on any atom is 0.332 e. The van der Waals surface area contributed by atoms with Gasteiger partial charge < -0.3 is 15.4 Å². The smallest absolute Gasteiger partial charge is 0.332 e. The Labute approximate surface area is 156 Å². The number of carbonyl (C=O) groups excluding carboxylic acids is 1. The predicted octanol–water partition coefficient (Wildman–Crippen LogP) is 3.13. The van der Waals surface area contributed by atoms with Crippen LogP contribution in [0.3, 0.4) is 0 Å². The number of nitrogens with one attached hydrogen (secondary N) is 3. The van der Waals surface area contributed by atoms with Crippen molar-refractivity contribution >= 4 is 48.4 Å². The number of aromatic nitrogens is 1. The molecule has 1 fully saturated rings. The molecule has 1 aliphatic rings. The van der Waals surface area contributed by atoms with Crippen LogP contribution in [-0.4, -0.2) is 37.3 Å².